The van der Waals surface area contributed by atoms with Crippen molar-refractivity contribution in [3.05, 3.63) is 23.8 Å². The molecule has 0 saturated carbocycles. The number of hydrogen-bond donors (Lipinski definition) is 2. The minimum atomic E-state index is -0.0102. The van der Waals surface area contributed by atoms with E-state index >= 15 is 0 Å². The predicted molar refractivity (Wildman–Crippen MR) is 82.3 cm³/mol. The van der Waals surface area contributed by atoms with E-state index in [1.54, 1.807) is 14.2 Å². The Bertz CT molecular complexity index is 458. The molecular formula is C16H26N2O3. The van der Waals surface area contributed by atoms with Gasteiger partial charge in [0.1, 0.15) is 11.5 Å². The molecule has 5 nitrogen and oxygen atoms in total. The highest BCUT2D eigenvalue weighted by molar-refractivity contribution is 5.40. The van der Waals surface area contributed by atoms with E-state index in [-0.39, 0.29) is 18.2 Å². The van der Waals surface area contributed by atoms with Crippen molar-refractivity contribution in [3.8, 4) is 11.5 Å². The van der Waals surface area contributed by atoms with E-state index in [4.69, 9.17) is 20.1 Å². The van der Waals surface area contributed by atoms with Gasteiger partial charge in [0.15, 0.2) is 0 Å². The van der Waals surface area contributed by atoms with Crippen molar-refractivity contribution < 1.29 is 14.2 Å². The Morgan fingerprint density at radius 2 is 1.62 bits per heavy atom. The number of ether oxygens (including phenoxy) is 3. The first-order chi connectivity index (χ1) is 10.0. The first-order valence-corrected chi connectivity index (χ1v) is 7.36. The lowest BCUT2D eigenvalue weighted by atomic mass is 9.80. The number of hydrogen-bond acceptors (Lipinski definition) is 5. The Balaban J connectivity index is 2.37. The Morgan fingerprint density at radius 3 is 2.00 bits per heavy atom. The van der Waals surface area contributed by atoms with Crippen LogP contribution in [0.15, 0.2) is 18.2 Å². The van der Waals surface area contributed by atoms with E-state index < -0.39 is 0 Å². The Hall–Kier alpha value is -1.30. The van der Waals surface area contributed by atoms with Gasteiger partial charge in [-0.2, -0.15) is 0 Å². The van der Waals surface area contributed by atoms with Crippen LogP contribution < -0.4 is 20.7 Å². The van der Waals surface area contributed by atoms with Gasteiger partial charge in [-0.15, -0.1) is 0 Å². The molecule has 1 aromatic rings. The maximum absolute atomic E-state index is 5.95. The average Bonchev–Trinajstić information content (AvgIpc) is 2.74. The number of nitrogens with two attached hydrogens (primary N) is 1. The fraction of sp³-hybridized carbons (Fsp3) is 0.625. The minimum Gasteiger partial charge on any atom is -0.497 e. The van der Waals surface area contributed by atoms with Crippen molar-refractivity contribution in [2.45, 2.75) is 39.0 Å². The molecule has 1 aliphatic rings. The highest BCUT2D eigenvalue weighted by Gasteiger charge is 2.42. The van der Waals surface area contributed by atoms with E-state index in [1.807, 2.05) is 18.2 Å². The molecule has 118 valence electrons. The van der Waals surface area contributed by atoms with Gasteiger partial charge >= 0.3 is 0 Å². The number of nitrogens with one attached hydrogen (secondary N) is 1. The van der Waals surface area contributed by atoms with E-state index in [0.29, 0.717) is 11.8 Å². The molecule has 1 fully saturated rings. The molecule has 21 heavy (non-hydrogen) atoms. The largest absolute Gasteiger partial charge is 0.497 e. The Kier molecular flexibility index (Phi) is 5.08. The maximum atomic E-state index is 5.95. The predicted octanol–water partition coefficient (Wildman–Crippen LogP) is 2.27. The lowest BCUT2D eigenvalue weighted by molar-refractivity contribution is 0.0475. The van der Waals surface area contributed by atoms with Gasteiger partial charge in [-0.1, -0.05) is 6.92 Å². The SMILES string of the molecule is COc1cc(OC)cc(C(NN)C2C(C)OC(C)C2C)c1. The standard InChI is InChI=1S/C16H26N2O3/c1-9-10(2)21-11(3)15(9)16(18-17)12-6-13(19-4)8-14(7-12)20-5/h6-11,15-16,18H,17H2,1-5H3. The van der Waals surface area contributed by atoms with Crippen LogP contribution in [0.25, 0.3) is 0 Å². The normalized spacial score (nSPS) is 30.2. The van der Waals surface area contributed by atoms with Crippen molar-refractivity contribution in [2.24, 2.45) is 17.7 Å². The van der Waals surface area contributed by atoms with Crippen LogP contribution in [0.1, 0.15) is 32.4 Å². The zero-order chi connectivity index (χ0) is 15.6. The van der Waals surface area contributed by atoms with Crippen molar-refractivity contribution in [3.63, 3.8) is 0 Å². The van der Waals surface area contributed by atoms with Crippen LogP contribution in [0.2, 0.25) is 0 Å². The summed E-state index contributed by atoms with van der Waals surface area (Å²) in [5.41, 5.74) is 4.00. The number of methoxy groups -OCH3 is 2. The summed E-state index contributed by atoms with van der Waals surface area (Å²) in [6.45, 7) is 6.42. The first-order valence-electron chi connectivity index (χ1n) is 7.36. The lowest BCUT2D eigenvalue weighted by Gasteiger charge is -2.29. The maximum Gasteiger partial charge on any atom is 0.122 e. The van der Waals surface area contributed by atoms with Crippen LogP contribution in [-0.2, 0) is 4.74 Å². The van der Waals surface area contributed by atoms with E-state index in [9.17, 15) is 0 Å². The van der Waals surface area contributed by atoms with Crippen molar-refractivity contribution in [1.29, 1.82) is 0 Å². The highest BCUT2D eigenvalue weighted by atomic mass is 16.5. The Morgan fingerprint density at radius 1 is 1.05 bits per heavy atom. The molecule has 5 atom stereocenters. The number of benzene rings is 1. The summed E-state index contributed by atoms with van der Waals surface area (Å²) in [4.78, 5) is 0. The van der Waals surface area contributed by atoms with Crippen molar-refractivity contribution in [2.75, 3.05) is 14.2 Å². The van der Waals surface area contributed by atoms with E-state index in [2.05, 4.69) is 26.2 Å². The molecular weight excluding hydrogens is 268 g/mol. The van der Waals surface area contributed by atoms with Gasteiger partial charge in [-0.05, 0) is 37.5 Å². The third kappa shape index (κ3) is 3.15. The average molecular weight is 294 g/mol. The molecule has 0 bridgehead atoms. The molecule has 0 radical (unpaired) electrons. The lowest BCUT2D eigenvalue weighted by Crippen LogP contribution is -2.38. The van der Waals surface area contributed by atoms with Gasteiger partial charge < -0.3 is 14.2 Å². The molecule has 5 heteroatoms. The zero-order valence-corrected chi connectivity index (χ0v) is 13.4. The zero-order valence-electron chi connectivity index (χ0n) is 13.4. The molecule has 0 amide bonds. The van der Waals surface area contributed by atoms with Gasteiger partial charge in [0.05, 0.1) is 32.5 Å². The molecule has 0 aliphatic carbocycles. The molecule has 2 rings (SSSR count). The van der Waals surface area contributed by atoms with Crippen molar-refractivity contribution in [1.82, 2.24) is 5.43 Å². The van der Waals surface area contributed by atoms with Crippen molar-refractivity contribution >= 4 is 0 Å². The molecule has 3 N–H and O–H groups in total. The molecule has 1 aromatic carbocycles. The first kappa shape index (κ1) is 16.1. The van der Waals surface area contributed by atoms with Gasteiger partial charge in [-0.3, -0.25) is 11.3 Å². The van der Waals surface area contributed by atoms with E-state index in [1.165, 1.54) is 0 Å². The summed E-state index contributed by atoms with van der Waals surface area (Å²) in [6.07, 6.45) is 0.376. The molecule has 1 aliphatic heterocycles. The van der Waals surface area contributed by atoms with Gasteiger partial charge in [0, 0.05) is 12.0 Å². The number of rotatable bonds is 5. The van der Waals surface area contributed by atoms with Gasteiger partial charge in [-0.25, -0.2) is 0 Å². The van der Waals surface area contributed by atoms with Crippen LogP contribution in [0, 0.1) is 11.8 Å². The summed E-state index contributed by atoms with van der Waals surface area (Å²) in [5.74, 6) is 8.08. The second-order valence-electron chi connectivity index (χ2n) is 5.77. The van der Waals surface area contributed by atoms with Gasteiger partial charge in [0.2, 0.25) is 0 Å². The summed E-state index contributed by atoms with van der Waals surface area (Å²) >= 11 is 0. The minimum absolute atomic E-state index is 0.0102. The molecule has 0 spiro atoms. The molecule has 5 unspecified atom stereocenters. The summed E-state index contributed by atoms with van der Waals surface area (Å²) < 4.78 is 16.6. The van der Waals surface area contributed by atoms with Crippen LogP contribution in [-0.4, -0.2) is 26.4 Å². The van der Waals surface area contributed by atoms with Crippen LogP contribution in [0.3, 0.4) is 0 Å². The third-order valence-corrected chi connectivity index (χ3v) is 4.62. The van der Waals surface area contributed by atoms with E-state index in [0.717, 1.165) is 17.1 Å². The summed E-state index contributed by atoms with van der Waals surface area (Å²) in [5, 5.41) is 0. The summed E-state index contributed by atoms with van der Waals surface area (Å²) in [7, 11) is 3.30. The van der Waals surface area contributed by atoms with Gasteiger partial charge in [0.25, 0.3) is 0 Å². The van der Waals surface area contributed by atoms with Crippen LogP contribution >= 0.6 is 0 Å². The number of hydrazine groups is 1. The molecule has 0 aromatic heterocycles. The monoisotopic (exact) mass is 294 g/mol. The molecule has 1 heterocycles. The fourth-order valence-electron chi connectivity index (χ4n) is 3.31. The topological polar surface area (TPSA) is 65.7 Å². The summed E-state index contributed by atoms with van der Waals surface area (Å²) in [6, 6.07) is 5.84. The third-order valence-electron chi connectivity index (χ3n) is 4.62. The second kappa shape index (κ2) is 6.64. The fourth-order valence-corrected chi connectivity index (χ4v) is 3.31. The smallest absolute Gasteiger partial charge is 0.122 e. The second-order valence-corrected chi connectivity index (χ2v) is 5.77. The molecule has 1 saturated heterocycles. The quantitative estimate of drug-likeness (QED) is 0.644. The van der Waals surface area contributed by atoms with Crippen LogP contribution in [0.5, 0.6) is 11.5 Å². The highest BCUT2D eigenvalue weighted by Crippen LogP contribution is 2.41. The van der Waals surface area contributed by atoms with Crippen LogP contribution in [0.4, 0.5) is 0 Å². The Labute approximate surface area is 126 Å².